The Balaban J connectivity index is 1.52. The number of halogens is 2. The standard InChI is InChI=1S/C27H19F2N5O4/c1-16-7-9-17(10-8-16)23-14-24(25(28)29)33-26(32-23)22(15-30-33)27(35)31-18-11-19(34(36)37)13-21(12-18)38-20-5-3-2-4-6-20/h2-15,25H,1H3,(H,31,35). The van der Waals surface area contributed by atoms with E-state index in [0.717, 1.165) is 22.3 Å². The van der Waals surface area contributed by atoms with Crippen LogP contribution >= 0.6 is 0 Å². The first-order valence-corrected chi connectivity index (χ1v) is 11.4. The fraction of sp³-hybridized carbons (Fsp3) is 0.0741. The lowest BCUT2D eigenvalue weighted by Crippen LogP contribution is -2.13. The van der Waals surface area contributed by atoms with Crippen LogP contribution < -0.4 is 10.1 Å². The minimum absolute atomic E-state index is 0.0678. The molecule has 1 amide bonds. The Hall–Kier alpha value is -5.19. The third-order valence-corrected chi connectivity index (χ3v) is 5.65. The number of carbonyl (C=O) groups excluding carboxylic acids is 1. The first kappa shape index (κ1) is 24.5. The van der Waals surface area contributed by atoms with E-state index in [0.29, 0.717) is 11.3 Å². The molecule has 0 radical (unpaired) electrons. The van der Waals surface area contributed by atoms with E-state index in [1.54, 1.807) is 42.5 Å². The lowest BCUT2D eigenvalue weighted by molar-refractivity contribution is -0.384. The zero-order valence-corrected chi connectivity index (χ0v) is 19.8. The largest absolute Gasteiger partial charge is 0.457 e. The number of hydrogen-bond acceptors (Lipinski definition) is 6. The summed E-state index contributed by atoms with van der Waals surface area (Å²) in [5.41, 5.74) is 0.983. The summed E-state index contributed by atoms with van der Waals surface area (Å²) in [6.07, 6.45) is -1.75. The summed E-state index contributed by atoms with van der Waals surface area (Å²) in [4.78, 5) is 28.5. The number of nitro groups is 1. The molecule has 0 bridgehead atoms. The number of non-ortho nitro benzene ring substituents is 1. The number of aryl methyl sites for hydroxylation is 1. The Labute approximate surface area is 214 Å². The van der Waals surface area contributed by atoms with E-state index in [-0.39, 0.29) is 34.0 Å². The number of nitrogens with zero attached hydrogens (tertiary/aromatic N) is 4. The summed E-state index contributed by atoms with van der Waals surface area (Å²) in [6.45, 7) is 1.90. The second-order valence-electron chi connectivity index (χ2n) is 8.37. The summed E-state index contributed by atoms with van der Waals surface area (Å²) in [5.74, 6) is -0.166. The smallest absolute Gasteiger partial charge is 0.280 e. The third kappa shape index (κ3) is 5.03. The highest BCUT2D eigenvalue weighted by atomic mass is 19.3. The lowest BCUT2D eigenvalue weighted by Gasteiger charge is -2.10. The van der Waals surface area contributed by atoms with Gasteiger partial charge in [0, 0.05) is 17.7 Å². The molecular formula is C27H19F2N5O4. The van der Waals surface area contributed by atoms with Crippen molar-refractivity contribution in [2.45, 2.75) is 13.3 Å². The molecule has 0 fully saturated rings. The van der Waals surface area contributed by atoms with Crippen LogP contribution in [-0.4, -0.2) is 25.4 Å². The van der Waals surface area contributed by atoms with Gasteiger partial charge in [-0.15, -0.1) is 0 Å². The zero-order chi connectivity index (χ0) is 26.8. The third-order valence-electron chi connectivity index (χ3n) is 5.65. The van der Waals surface area contributed by atoms with Gasteiger partial charge < -0.3 is 10.1 Å². The number of para-hydroxylation sites is 1. The summed E-state index contributed by atoms with van der Waals surface area (Å²) < 4.78 is 34.4. The average Bonchev–Trinajstić information content (AvgIpc) is 3.33. The molecule has 3 aromatic carbocycles. The van der Waals surface area contributed by atoms with E-state index in [9.17, 15) is 23.7 Å². The fourth-order valence-electron chi connectivity index (χ4n) is 3.82. The lowest BCUT2D eigenvalue weighted by atomic mass is 10.1. The maximum absolute atomic E-state index is 13.9. The van der Waals surface area contributed by atoms with Gasteiger partial charge in [0.25, 0.3) is 18.0 Å². The molecule has 0 atom stereocenters. The van der Waals surface area contributed by atoms with Gasteiger partial charge in [-0.05, 0) is 25.1 Å². The maximum atomic E-state index is 13.9. The van der Waals surface area contributed by atoms with E-state index in [1.165, 1.54) is 18.2 Å². The van der Waals surface area contributed by atoms with Crippen molar-refractivity contribution >= 4 is 22.9 Å². The molecule has 0 aliphatic carbocycles. The highest BCUT2D eigenvalue weighted by Gasteiger charge is 2.22. The van der Waals surface area contributed by atoms with E-state index >= 15 is 0 Å². The van der Waals surface area contributed by atoms with Crippen LogP contribution in [0.1, 0.15) is 28.0 Å². The topological polar surface area (TPSA) is 112 Å². The SMILES string of the molecule is Cc1ccc(-c2cc(C(F)F)n3ncc(C(=O)Nc4cc(Oc5ccccc5)cc([N+](=O)[O-])c4)c3n2)cc1. The van der Waals surface area contributed by atoms with Crippen molar-refractivity contribution in [3.63, 3.8) is 0 Å². The van der Waals surface area contributed by atoms with Gasteiger partial charge in [0.15, 0.2) is 5.65 Å². The molecule has 38 heavy (non-hydrogen) atoms. The number of alkyl halides is 2. The van der Waals surface area contributed by atoms with Crippen LogP contribution in [0.4, 0.5) is 20.2 Å². The Kier molecular flexibility index (Phi) is 6.48. The Morgan fingerprint density at radius 2 is 1.76 bits per heavy atom. The second-order valence-corrected chi connectivity index (χ2v) is 8.37. The average molecular weight is 515 g/mol. The number of benzene rings is 3. The molecule has 5 rings (SSSR count). The molecule has 2 heterocycles. The number of amides is 1. The monoisotopic (exact) mass is 515 g/mol. The molecule has 1 N–H and O–H groups in total. The Morgan fingerprint density at radius 1 is 1.03 bits per heavy atom. The van der Waals surface area contributed by atoms with E-state index in [4.69, 9.17) is 4.74 Å². The highest BCUT2D eigenvalue weighted by Crippen LogP contribution is 2.31. The first-order valence-electron chi connectivity index (χ1n) is 11.4. The van der Waals surface area contributed by atoms with Crippen molar-refractivity contribution in [3.05, 3.63) is 112 Å². The quantitative estimate of drug-likeness (QED) is 0.193. The van der Waals surface area contributed by atoms with Crippen molar-refractivity contribution in [2.75, 3.05) is 5.32 Å². The number of carbonyl (C=O) groups is 1. The number of fused-ring (bicyclic) bond motifs is 1. The molecule has 2 aromatic heterocycles. The molecule has 5 aromatic rings. The number of rotatable bonds is 7. The Morgan fingerprint density at radius 3 is 2.45 bits per heavy atom. The summed E-state index contributed by atoms with van der Waals surface area (Å²) in [6, 6.07) is 20.8. The van der Waals surface area contributed by atoms with Gasteiger partial charge in [0.2, 0.25) is 0 Å². The maximum Gasteiger partial charge on any atom is 0.280 e. The molecule has 0 aliphatic heterocycles. The number of nitro benzene ring substituents is 1. The highest BCUT2D eigenvalue weighted by molar-refractivity contribution is 6.08. The molecule has 0 unspecified atom stereocenters. The van der Waals surface area contributed by atoms with Gasteiger partial charge in [0.05, 0.1) is 28.6 Å². The second kappa shape index (κ2) is 10.1. The van der Waals surface area contributed by atoms with Crippen molar-refractivity contribution < 1.29 is 23.2 Å². The van der Waals surface area contributed by atoms with Crippen LogP contribution in [0.5, 0.6) is 11.5 Å². The zero-order valence-electron chi connectivity index (χ0n) is 19.8. The summed E-state index contributed by atoms with van der Waals surface area (Å²) in [7, 11) is 0. The molecule has 190 valence electrons. The number of nitrogens with one attached hydrogen (secondary N) is 1. The molecule has 11 heteroatoms. The van der Waals surface area contributed by atoms with Gasteiger partial charge in [0.1, 0.15) is 22.8 Å². The minimum atomic E-state index is -2.88. The molecule has 9 nitrogen and oxygen atoms in total. The van der Waals surface area contributed by atoms with E-state index in [1.807, 2.05) is 19.1 Å². The van der Waals surface area contributed by atoms with Gasteiger partial charge >= 0.3 is 0 Å². The fourth-order valence-corrected chi connectivity index (χ4v) is 3.82. The predicted molar refractivity (Wildman–Crippen MR) is 136 cm³/mol. The van der Waals surface area contributed by atoms with Crippen molar-refractivity contribution in [1.82, 2.24) is 14.6 Å². The normalized spacial score (nSPS) is 11.1. The summed E-state index contributed by atoms with van der Waals surface area (Å²) in [5, 5.41) is 18.0. The molecule has 0 spiro atoms. The number of hydrogen-bond donors (Lipinski definition) is 1. The van der Waals surface area contributed by atoms with Gasteiger partial charge in [-0.25, -0.2) is 18.3 Å². The van der Waals surface area contributed by atoms with E-state index < -0.39 is 22.9 Å². The number of ether oxygens (including phenoxy) is 1. The predicted octanol–water partition coefficient (Wildman–Crippen LogP) is 6.60. The molecule has 0 aliphatic rings. The van der Waals surface area contributed by atoms with Crippen LogP contribution in [0.15, 0.2) is 85.1 Å². The van der Waals surface area contributed by atoms with Crippen molar-refractivity contribution in [3.8, 4) is 22.8 Å². The van der Waals surface area contributed by atoms with Crippen LogP contribution in [0, 0.1) is 17.0 Å². The molecule has 0 saturated carbocycles. The van der Waals surface area contributed by atoms with Crippen LogP contribution in [0.25, 0.3) is 16.9 Å². The van der Waals surface area contributed by atoms with Crippen LogP contribution in [0.3, 0.4) is 0 Å². The number of aromatic nitrogens is 3. The van der Waals surface area contributed by atoms with Gasteiger partial charge in [-0.2, -0.15) is 5.10 Å². The van der Waals surface area contributed by atoms with Gasteiger partial charge in [-0.3, -0.25) is 14.9 Å². The van der Waals surface area contributed by atoms with Crippen molar-refractivity contribution in [1.29, 1.82) is 0 Å². The summed E-state index contributed by atoms with van der Waals surface area (Å²) >= 11 is 0. The van der Waals surface area contributed by atoms with E-state index in [2.05, 4.69) is 15.4 Å². The van der Waals surface area contributed by atoms with Gasteiger partial charge in [-0.1, -0.05) is 48.0 Å². The number of anilines is 1. The van der Waals surface area contributed by atoms with Crippen molar-refractivity contribution in [2.24, 2.45) is 0 Å². The molecule has 0 saturated heterocycles. The Bertz CT molecular complexity index is 1650. The molecular weight excluding hydrogens is 496 g/mol. The first-order chi connectivity index (χ1) is 18.3. The minimum Gasteiger partial charge on any atom is -0.457 e. The van der Waals surface area contributed by atoms with Crippen LogP contribution in [-0.2, 0) is 0 Å². The van der Waals surface area contributed by atoms with Crippen LogP contribution in [0.2, 0.25) is 0 Å².